The first-order valence-corrected chi connectivity index (χ1v) is 7.00. The Bertz CT molecular complexity index is 322. The predicted octanol–water partition coefficient (Wildman–Crippen LogP) is 1.40. The molecule has 18 heavy (non-hydrogen) atoms. The summed E-state index contributed by atoms with van der Waals surface area (Å²) in [5.74, 6) is 0.312. The fourth-order valence-corrected chi connectivity index (χ4v) is 3.18. The zero-order valence-electron chi connectivity index (χ0n) is 12.1. The van der Waals surface area contributed by atoms with Crippen molar-refractivity contribution in [1.82, 2.24) is 10.2 Å². The molecule has 4 nitrogen and oxygen atoms in total. The van der Waals surface area contributed by atoms with Crippen LogP contribution in [-0.2, 0) is 9.53 Å². The van der Waals surface area contributed by atoms with Crippen molar-refractivity contribution in [3.63, 3.8) is 0 Å². The molecule has 1 unspecified atom stereocenters. The number of hydrogen-bond donors (Lipinski definition) is 1. The van der Waals surface area contributed by atoms with E-state index >= 15 is 0 Å². The number of carbonyl (C=O) groups excluding carboxylic acids is 1. The van der Waals surface area contributed by atoms with Crippen LogP contribution in [0.1, 0.15) is 40.5 Å². The third-order valence-corrected chi connectivity index (χ3v) is 4.08. The molecule has 0 radical (unpaired) electrons. The van der Waals surface area contributed by atoms with Crippen molar-refractivity contribution in [2.75, 3.05) is 26.2 Å². The lowest BCUT2D eigenvalue weighted by Crippen LogP contribution is -2.58. The average Bonchev–Trinajstić information content (AvgIpc) is 2.26. The molecule has 0 bridgehead atoms. The summed E-state index contributed by atoms with van der Waals surface area (Å²) in [6.45, 7) is 11.6. The normalized spacial score (nSPS) is 31.1. The number of piperidine rings is 1. The highest BCUT2D eigenvalue weighted by Gasteiger charge is 2.42. The van der Waals surface area contributed by atoms with Crippen molar-refractivity contribution < 1.29 is 9.53 Å². The van der Waals surface area contributed by atoms with Gasteiger partial charge in [0, 0.05) is 18.5 Å². The molecule has 0 saturated carbocycles. The standard InChI is InChI=1S/C14H26N2O2/c1-11-9-16(10-13(2,3)18-11)12(17)14(4)5-7-15-8-6-14/h11,15H,5-10H2,1-4H3. The van der Waals surface area contributed by atoms with Crippen LogP contribution in [0.2, 0.25) is 0 Å². The molecule has 104 valence electrons. The third kappa shape index (κ3) is 2.86. The Hall–Kier alpha value is -0.610. The fourth-order valence-electron chi connectivity index (χ4n) is 3.18. The Balaban J connectivity index is 2.08. The van der Waals surface area contributed by atoms with E-state index in [1.807, 2.05) is 11.8 Å². The molecule has 0 aromatic heterocycles. The van der Waals surface area contributed by atoms with Crippen LogP contribution in [0.25, 0.3) is 0 Å². The Labute approximate surface area is 110 Å². The number of carbonyl (C=O) groups is 1. The van der Waals surface area contributed by atoms with Crippen LogP contribution in [0.15, 0.2) is 0 Å². The summed E-state index contributed by atoms with van der Waals surface area (Å²) in [5, 5.41) is 3.33. The molecule has 2 fully saturated rings. The van der Waals surface area contributed by atoms with E-state index in [-0.39, 0.29) is 17.1 Å². The largest absolute Gasteiger partial charge is 0.369 e. The average molecular weight is 254 g/mol. The first-order chi connectivity index (χ1) is 8.32. The van der Waals surface area contributed by atoms with Gasteiger partial charge in [-0.15, -0.1) is 0 Å². The summed E-state index contributed by atoms with van der Waals surface area (Å²) < 4.78 is 5.87. The lowest BCUT2D eigenvalue weighted by atomic mass is 9.79. The number of amides is 1. The minimum absolute atomic E-state index is 0.128. The molecule has 2 heterocycles. The molecule has 0 aromatic rings. The van der Waals surface area contributed by atoms with Gasteiger partial charge < -0.3 is 15.0 Å². The van der Waals surface area contributed by atoms with Crippen molar-refractivity contribution >= 4 is 5.91 Å². The van der Waals surface area contributed by atoms with E-state index < -0.39 is 0 Å². The van der Waals surface area contributed by atoms with E-state index in [0.717, 1.165) is 32.5 Å². The SMILES string of the molecule is CC1CN(C(=O)C2(C)CCNCC2)CC(C)(C)O1. The number of morpholine rings is 1. The second-order valence-corrected chi connectivity index (χ2v) is 6.68. The Morgan fingerprint density at radius 2 is 1.89 bits per heavy atom. The highest BCUT2D eigenvalue weighted by molar-refractivity contribution is 5.82. The van der Waals surface area contributed by atoms with Crippen LogP contribution < -0.4 is 5.32 Å². The maximum atomic E-state index is 12.8. The monoisotopic (exact) mass is 254 g/mol. The minimum atomic E-state index is -0.226. The molecule has 2 saturated heterocycles. The second kappa shape index (κ2) is 4.82. The van der Waals surface area contributed by atoms with Crippen molar-refractivity contribution in [3.8, 4) is 0 Å². The van der Waals surface area contributed by atoms with Crippen LogP contribution in [0, 0.1) is 5.41 Å². The number of ether oxygens (including phenoxy) is 1. The summed E-state index contributed by atoms with van der Waals surface area (Å²) in [4.78, 5) is 14.8. The number of hydrogen-bond acceptors (Lipinski definition) is 3. The van der Waals surface area contributed by atoms with Crippen LogP contribution in [0.5, 0.6) is 0 Å². The van der Waals surface area contributed by atoms with E-state index in [4.69, 9.17) is 4.74 Å². The molecule has 1 amide bonds. The van der Waals surface area contributed by atoms with E-state index in [9.17, 15) is 4.79 Å². The molecule has 1 N–H and O–H groups in total. The quantitative estimate of drug-likeness (QED) is 0.769. The van der Waals surface area contributed by atoms with Crippen LogP contribution in [0.3, 0.4) is 0 Å². The molecular weight excluding hydrogens is 228 g/mol. The van der Waals surface area contributed by atoms with Crippen molar-refractivity contribution in [2.24, 2.45) is 5.41 Å². The Morgan fingerprint density at radius 1 is 1.28 bits per heavy atom. The van der Waals surface area contributed by atoms with Crippen molar-refractivity contribution in [1.29, 1.82) is 0 Å². The van der Waals surface area contributed by atoms with Gasteiger partial charge in [-0.3, -0.25) is 4.79 Å². The number of rotatable bonds is 1. The summed E-state index contributed by atoms with van der Waals surface area (Å²) in [5.41, 5.74) is -0.408. The molecule has 2 rings (SSSR count). The lowest BCUT2D eigenvalue weighted by Gasteiger charge is -2.45. The zero-order valence-corrected chi connectivity index (χ0v) is 12.1. The predicted molar refractivity (Wildman–Crippen MR) is 71.4 cm³/mol. The molecule has 0 spiro atoms. The van der Waals surface area contributed by atoms with Gasteiger partial charge >= 0.3 is 0 Å². The lowest BCUT2D eigenvalue weighted by molar-refractivity contribution is -0.167. The molecule has 0 aromatic carbocycles. The summed E-state index contributed by atoms with van der Waals surface area (Å²) in [7, 11) is 0. The molecule has 0 aliphatic carbocycles. The van der Waals surface area contributed by atoms with E-state index in [2.05, 4.69) is 26.1 Å². The zero-order chi connectivity index (χ0) is 13.4. The molecule has 2 aliphatic heterocycles. The Morgan fingerprint density at radius 3 is 2.44 bits per heavy atom. The van der Waals surface area contributed by atoms with E-state index in [1.54, 1.807) is 0 Å². The number of nitrogens with zero attached hydrogens (tertiary/aromatic N) is 1. The summed E-state index contributed by atoms with van der Waals surface area (Å²) in [6.07, 6.45) is 2.01. The van der Waals surface area contributed by atoms with Crippen LogP contribution in [0.4, 0.5) is 0 Å². The highest BCUT2D eigenvalue weighted by atomic mass is 16.5. The molecule has 1 atom stereocenters. The maximum Gasteiger partial charge on any atom is 0.228 e. The van der Waals surface area contributed by atoms with Gasteiger partial charge in [0.25, 0.3) is 0 Å². The first-order valence-electron chi connectivity index (χ1n) is 7.00. The van der Waals surface area contributed by atoms with E-state index in [0.29, 0.717) is 12.5 Å². The second-order valence-electron chi connectivity index (χ2n) is 6.68. The van der Waals surface area contributed by atoms with Gasteiger partial charge in [0.15, 0.2) is 0 Å². The minimum Gasteiger partial charge on any atom is -0.369 e. The molecule has 2 aliphatic rings. The summed E-state index contributed by atoms with van der Waals surface area (Å²) in [6, 6.07) is 0. The molecular formula is C14H26N2O2. The van der Waals surface area contributed by atoms with Gasteiger partial charge in [-0.1, -0.05) is 6.92 Å². The Kier molecular flexibility index (Phi) is 3.70. The van der Waals surface area contributed by atoms with Crippen LogP contribution in [-0.4, -0.2) is 48.7 Å². The fraction of sp³-hybridized carbons (Fsp3) is 0.929. The van der Waals surface area contributed by atoms with Crippen molar-refractivity contribution in [2.45, 2.75) is 52.2 Å². The van der Waals surface area contributed by atoms with Gasteiger partial charge in [0.2, 0.25) is 5.91 Å². The van der Waals surface area contributed by atoms with E-state index in [1.165, 1.54) is 0 Å². The maximum absolute atomic E-state index is 12.8. The smallest absolute Gasteiger partial charge is 0.228 e. The van der Waals surface area contributed by atoms with Gasteiger partial charge in [-0.2, -0.15) is 0 Å². The van der Waals surface area contributed by atoms with Crippen LogP contribution >= 0.6 is 0 Å². The van der Waals surface area contributed by atoms with Gasteiger partial charge in [-0.25, -0.2) is 0 Å². The summed E-state index contributed by atoms with van der Waals surface area (Å²) >= 11 is 0. The third-order valence-electron chi connectivity index (χ3n) is 4.08. The molecule has 4 heteroatoms. The number of nitrogens with one attached hydrogen (secondary N) is 1. The van der Waals surface area contributed by atoms with Gasteiger partial charge in [0.05, 0.1) is 11.7 Å². The van der Waals surface area contributed by atoms with Crippen molar-refractivity contribution in [3.05, 3.63) is 0 Å². The van der Waals surface area contributed by atoms with Gasteiger partial charge in [-0.05, 0) is 46.7 Å². The topological polar surface area (TPSA) is 41.6 Å². The highest BCUT2D eigenvalue weighted by Crippen LogP contribution is 2.32. The first kappa shape index (κ1) is 13.8. The van der Waals surface area contributed by atoms with Gasteiger partial charge in [0.1, 0.15) is 0 Å².